The molecule has 0 amide bonds. The van der Waals surface area contributed by atoms with Crippen molar-refractivity contribution in [1.29, 1.82) is 0 Å². The third-order valence-corrected chi connectivity index (χ3v) is 3.19. The molecule has 3 rings (SSSR count). The molecule has 0 saturated heterocycles. The highest BCUT2D eigenvalue weighted by Gasteiger charge is 2.30. The third-order valence-electron chi connectivity index (χ3n) is 3.19. The molecule has 25 heavy (non-hydrogen) atoms. The van der Waals surface area contributed by atoms with Gasteiger partial charge in [0.1, 0.15) is 24.3 Å². The lowest BCUT2D eigenvalue weighted by molar-refractivity contribution is -0.137. The number of halogens is 3. The van der Waals surface area contributed by atoms with Crippen molar-refractivity contribution in [3.05, 3.63) is 42.0 Å². The molecule has 11 heteroatoms. The van der Waals surface area contributed by atoms with Crippen molar-refractivity contribution in [2.45, 2.75) is 12.3 Å². The molecule has 8 nitrogen and oxygen atoms in total. The van der Waals surface area contributed by atoms with Gasteiger partial charge < -0.3 is 15.2 Å². The van der Waals surface area contributed by atoms with E-state index < -0.39 is 17.8 Å². The van der Waals surface area contributed by atoms with Gasteiger partial charge in [-0.3, -0.25) is 0 Å². The molecule has 2 N–H and O–H groups in total. The Morgan fingerprint density at radius 1 is 1.24 bits per heavy atom. The summed E-state index contributed by atoms with van der Waals surface area (Å²) < 4.78 is 44.3. The smallest absolute Gasteiger partial charge is 0.416 e. The minimum Gasteiger partial charge on any atom is -0.491 e. The second-order valence-corrected chi connectivity index (χ2v) is 5.12. The molecule has 2 heterocycles. The molecule has 0 bridgehead atoms. The zero-order chi connectivity index (χ0) is 17.9. The van der Waals surface area contributed by atoms with Crippen LogP contribution >= 0.6 is 0 Å². The highest BCUT2D eigenvalue weighted by molar-refractivity contribution is 5.42. The van der Waals surface area contributed by atoms with Crippen LogP contribution in [0.3, 0.4) is 0 Å². The van der Waals surface area contributed by atoms with Crippen molar-refractivity contribution < 1.29 is 23.0 Å². The van der Waals surface area contributed by atoms with Crippen LogP contribution in [0.25, 0.3) is 5.65 Å². The predicted molar refractivity (Wildman–Crippen MR) is 80.0 cm³/mol. The summed E-state index contributed by atoms with van der Waals surface area (Å²) in [4.78, 5) is 0. The molecular weight excluding hydrogens is 341 g/mol. The van der Waals surface area contributed by atoms with Crippen molar-refractivity contribution in [3.63, 3.8) is 0 Å². The molecule has 1 unspecified atom stereocenters. The van der Waals surface area contributed by atoms with Gasteiger partial charge in [-0.15, -0.1) is 14.8 Å². The predicted octanol–water partition coefficient (Wildman–Crippen LogP) is 1.39. The molecule has 1 atom stereocenters. The summed E-state index contributed by atoms with van der Waals surface area (Å²) >= 11 is 0. The average molecular weight is 354 g/mol. The number of nitrogens with one attached hydrogen (secondary N) is 1. The molecule has 2 aromatic heterocycles. The Morgan fingerprint density at radius 2 is 2.08 bits per heavy atom. The zero-order valence-corrected chi connectivity index (χ0v) is 12.7. The molecule has 0 aliphatic rings. The largest absolute Gasteiger partial charge is 0.491 e. The van der Waals surface area contributed by atoms with Gasteiger partial charge in [0.05, 0.1) is 5.56 Å². The van der Waals surface area contributed by atoms with Crippen LogP contribution in [0.4, 0.5) is 19.0 Å². The van der Waals surface area contributed by atoms with Gasteiger partial charge in [0.2, 0.25) is 0 Å². The Morgan fingerprint density at radius 3 is 2.88 bits per heavy atom. The fraction of sp³-hybridized carbons (Fsp3) is 0.286. The summed E-state index contributed by atoms with van der Waals surface area (Å²) in [6.07, 6.45) is -5.40. The highest BCUT2D eigenvalue weighted by Crippen LogP contribution is 2.31. The van der Waals surface area contributed by atoms with Gasteiger partial charge >= 0.3 is 6.18 Å². The Labute approximate surface area is 139 Å². The lowest BCUT2D eigenvalue weighted by atomic mass is 10.2. The molecule has 0 aliphatic heterocycles. The minimum atomic E-state index is -4.44. The van der Waals surface area contributed by atoms with Crippen LogP contribution in [0, 0.1) is 0 Å². The van der Waals surface area contributed by atoms with Crippen LogP contribution in [-0.2, 0) is 6.18 Å². The topological polar surface area (TPSA) is 97.5 Å². The van der Waals surface area contributed by atoms with Crippen LogP contribution in [0.15, 0.2) is 36.4 Å². The van der Waals surface area contributed by atoms with Gasteiger partial charge in [-0.25, -0.2) is 0 Å². The standard InChI is InChI=1S/C14H13F3N6O2/c15-14(16,17)9-2-1-3-11(6-9)25-8-10(24)7-18-12-4-5-13-19-21-22-23(13)20-12/h1-6,10,24H,7-8H2,(H,18,20). The summed E-state index contributed by atoms with van der Waals surface area (Å²) in [5, 5.41) is 27.6. The average Bonchev–Trinajstić information content (AvgIpc) is 3.05. The summed E-state index contributed by atoms with van der Waals surface area (Å²) in [6.45, 7) is -0.0962. The normalized spacial score (nSPS) is 13.0. The maximum Gasteiger partial charge on any atom is 0.416 e. The second-order valence-electron chi connectivity index (χ2n) is 5.12. The van der Waals surface area contributed by atoms with E-state index in [2.05, 4.69) is 25.9 Å². The first-order valence-electron chi connectivity index (χ1n) is 7.19. The number of aliphatic hydroxyl groups excluding tert-OH is 1. The molecule has 0 aliphatic carbocycles. The molecular formula is C14H13F3N6O2. The maximum absolute atomic E-state index is 12.6. The van der Waals surface area contributed by atoms with Crippen LogP contribution < -0.4 is 10.1 Å². The van der Waals surface area contributed by atoms with Gasteiger partial charge in [0.25, 0.3) is 0 Å². The van der Waals surface area contributed by atoms with Crippen LogP contribution in [0.2, 0.25) is 0 Å². The van der Waals surface area contributed by atoms with Crippen molar-refractivity contribution in [2.24, 2.45) is 0 Å². The Kier molecular flexibility index (Phi) is 4.65. The van der Waals surface area contributed by atoms with E-state index in [0.29, 0.717) is 11.5 Å². The molecule has 0 spiro atoms. The van der Waals surface area contributed by atoms with E-state index in [1.54, 1.807) is 12.1 Å². The van der Waals surface area contributed by atoms with Crippen LogP contribution in [0.1, 0.15) is 5.56 Å². The van der Waals surface area contributed by atoms with Gasteiger partial charge in [-0.2, -0.15) is 13.2 Å². The quantitative estimate of drug-likeness (QED) is 0.690. The molecule has 1 aromatic carbocycles. The number of alkyl halides is 3. The number of nitrogens with zero attached hydrogens (tertiary/aromatic N) is 5. The number of ether oxygens (including phenoxy) is 1. The van der Waals surface area contributed by atoms with Gasteiger partial charge in [-0.05, 0) is 40.8 Å². The number of tetrazole rings is 1. The van der Waals surface area contributed by atoms with Crippen LogP contribution in [-0.4, -0.2) is 49.6 Å². The number of rotatable bonds is 6. The SMILES string of the molecule is OC(CNc1ccc2nnnn2n1)COc1cccc(C(F)(F)F)c1. The highest BCUT2D eigenvalue weighted by atomic mass is 19.4. The zero-order valence-electron chi connectivity index (χ0n) is 12.7. The maximum atomic E-state index is 12.6. The minimum absolute atomic E-state index is 0.0297. The Hall–Kier alpha value is -2.95. The van der Waals surface area contributed by atoms with E-state index in [4.69, 9.17) is 4.74 Å². The van der Waals surface area contributed by atoms with Gasteiger partial charge in [0.15, 0.2) is 5.65 Å². The Balaban J connectivity index is 1.51. The summed E-state index contributed by atoms with van der Waals surface area (Å²) in [6, 6.07) is 7.74. The van der Waals surface area contributed by atoms with Gasteiger partial charge in [0, 0.05) is 6.54 Å². The van der Waals surface area contributed by atoms with Crippen molar-refractivity contribution in [3.8, 4) is 5.75 Å². The monoisotopic (exact) mass is 354 g/mol. The molecule has 0 fully saturated rings. The number of anilines is 1. The van der Waals surface area contributed by atoms with Crippen molar-refractivity contribution in [1.82, 2.24) is 25.3 Å². The lowest BCUT2D eigenvalue weighted by Crippen LogP contribution is -2.26. The molecule has 0 radical (unpaired) electrons. The number of aromatic nitrogens is 5. The second kappa shape index (κ2) is 6.89. The number of benzene rings is 1. The molecule has 0 saturated carbocycles. The van der Waals surface area contributed by atoms with E-state index in [-0.39, 0.29) is 18.9 Å². The molecule has 3 aromatic rings. The van der Waals surface area contributed by atoms with E-state index >= 15 is 0 Å². The summed E-state index contributed by atoms with van der Waals surface area (Å²) in [5.41, 5.74) is -0.337. The summed E-state index contributed by atoms with van der Waals surface area (Å²) in [7, 11) is 0. The third kappa shape index (κ3) is 4.32. The number of aliphatic hydroxyl groups is 1. The van der Waals surface area contributed by atoms with E-state index in [9.17, 15) is 18.3 Å². The Bertz CT molecular complexity index is 854. The lowest BCUT2D eigenvalue weighted by Gasteiger charge is -2.14. The fourth-order valence-electron chi connectivity index (χ4n) is 1.98. The van der Waals surface area contributed by atoms with Crippen molar-refractivity contribution >= 4 is 11.5 Å². The van der Waals surface area contributed by atoms with E-state index in [1.165, 1.54) is 16.8 Å². The first-order valence-corrected chi connectivity index (χ1v) is 7.19. The van der Waals surface area contributed by atoms with Crippen molar-refractivity contribution in [2.75, 3.05) is 18.5 Å². The van der Waals surface area contributed by atoms with Crippen LogP contribution in [0.5, 0.6) is 5.75 Å². The van der Waals surface area contributed by atoms with E-state index in [1.807, 2.05) is 0 Å². The first-order chi connectivity index (χ1) is 11.9. The van der Waals surface area contributed by atoms with Gasteiger partial charge in [-0.1, -0.05) is 6.07 Å². The number of fused-ring (bicyclic) bond motifs is 1. The molecule has 132 valence electrons. The first kappa shape index (κ1) is 16.9. The summed E-state index contributed by atoms with van der Waals surface area (Å²) in [5.74, 6) is 0.458. The van der Waals surface area contributed by atoms with E-state index in [0.717, 1.165) is 12.1 Å². The number of hydrogen-bond acceptors (Lipinski definition) is 7. The number of hydrogen-bond donors (Lipinski definition) is 2. The fourth-order valence-corrected chi connectivity index (χ4v) is 1.98.